The number of rotatable bonds is 7. The van der Waals surface area contributed by atoms with Crippen molar-refractivity contribution >= 4 is 11.8 Å². The minimum absolute atomic E-state index is 0.0878. The summed E-state index contributed by atoms with van der Waals surface area (Å²) in [6.07, 6.45) is 3.11. The summed E-state index contributed by atoms with van der Waals surface area (Å²) in [5, 5.41) is 3.01. The lowest BCUT2D eigenvalue weighted by atomic mass is 9.90. The first-order valence-electron chi connectivity index (χ1n) is 9.49. The summed E-state index contributed by atoms with van der Waals surface area (Å²) in [5.74, 6) is 0.371. The third kappa shape index (κ3) is 4.59. The van der Waals surface area contributed by atoms with Crippen molar-refractivity contribution in [2.24, 2.45) is 5.73 Å². The van der Waals surface area contributed by atoms with E-state index in [0.29, 0.717) is 30.8 Å². The van der Waals surface area contributed by atoms with Crippen molar-refractivity contribution in [3.63, 3.8) is 0 Å². The highest BCUT2D eigenvalue weighted by Crippen LogP contribution is 2.29. The van der Waals surface area contributed by atoms with Crippen LogP contribution in [-0.2, 0) is 17.6 Å². The Kier molecular flexibility index (Phi) is 6.21. The molecule has 0 saturated carbocycles. The van der Waals surface area contributed by atoms with Crippen LogP contribution in [0.5, 0.6) is 11.5 Å². The van der Waals surface area contributed by atoms with Crippen molar-refractivity contribution in [3.8, 4) is 11.5 Å². The van der Waals surface area contributed by atoms with Gasteiger partial charge in [0.05, 0.1) is 20.3 Å². The Morgan fingerprint density at radius 3 is 2.66 bits per heavy atom. The highest BCUT2D eigenvalue weighted by molar-refractivity contribution is 5.92. The Bertz CT molecular complexity index is 983. The number of pyridine rings is 1. The molecule has 154 valence electrons. The number of nitrogens with two attached hydrogens (primary N) is 1. The molecule has 8 nitrogen and oxygen atoms in total. The largest absolute Gasteiger partial charge is 0.493 e. The van der Waals surface area contributed by atoms with Gasteiger partial charge in [-0.2, -0.15) is 0 Å². The number of H-pyrrole nitrogens is 1. The third-order valence-electron chi connectivity index (χ3n) is 5.14. The molecule has 1 atom stereocenters. The van der Waals surface area contributed by atoms with Crippen LogP contribution in [-0.4, -0.2) is 31.0 Å². The van der Waals surface area contributed by atoms with E-state index in [1.165, 1.54) is 6.07 Å². The summed E-state index contributed by atoms with van der Waals surface area (Å²) in [5.41, 5.74) is 7.17. The van der Waals surface area contributed by atoms with Crippen LogP contribution in [0, 0.1) is 0 Å². The molecule has 2 amide bonds. The van der Waals surface area contributed by atoms with Crippen molar-refractivity contribution in [2.75, 3.05) is 14.2 Å². The van der Waals surface area contributed by atoms with E-state index in [2.05, 4.69) is 10.3 Å². The number of fused-ring (bicyclic) bond motifs is 1. The van der Waals surface area contributed by atoms with Crippen LogP contribution in [0.3, 0.4) is 0 Å². The van der Waals surface area contributed by atoms with Gasteiger partial charge in [-0.15, -0.1) is 0 Å². The van der Waals surface area contributed by atoms with Crippen LogP contribution < -0.4 is 26.1 Å². The predicted octanol–water partition coefficient (Wildman–Crippen LogP) is 1.62. The normalized spacial score (nSPS) is 15.3. The summed E-state index contributed by atoms with van der Waals surface area (Å²) in [7, 11) is 3.14. The van der Waals surface area contributed by atoms with Gasteiger partial charge in [0.1, 0.15) is 5.56 Å². The first kappa shape index (κ1) is 20.4. The number of benzene rings is 1. The Balaban J connectivity index is 1.69. The maximum absolute atomic E-state index is 12.5. The lowest BCUT2D eigenvalue weighted by Gasteiger charge is -2.26. The zero-order valence-corrected chi connectivity index (χ0v) is 16.5. The average Bonchev–Trinajstić information content (AvgIpc) is 2.71. The van der Waals surface area contributed by atoms with E-state index in [1.54, 1.807) is 14.2 Å². The van der Waals surface area contributed by atoms with Gasteiger partial charge in [0, 0.05) is 12.1 Å². The van der Waals surface area contributed by atoms with Crippen molar-refractivity contribution < 1.29 is 19.1 Å². The molecule has 1 unspecified atom stereocenters. The topological polar surface area (TPSA) is 124 Å². The molecule has 0 saturated heterocycles. The molecule has 1 aliphatic rings. The fourth-order valence-electron chi connectivity index (χ4n) is 3.63. The summed E-state index contributed by atoms with van der Waals surface area (Å²) >= 11 is 0. The summed E-state index contributed by atoms with van der Waals surface area (Å²) < 4.78 is 10.5. The van der Waals surface area contributed by atoms with Crippen LogP contribution in [0.4, 0.5) is 0 Å². The molecular formula is C21H25N3O5. The molecule has 0 radical (unpaired) electrons. The van der Waals surface area contributed by atoms with Gasteiger partial charge in [0.25, 0.3) is 11.5 Å². The summed E-state index contributed by atoms with van der Waals surface area (Å²) in [4.78, 5) is 38.7. The van der Waals surface area contributed by atoms with Crippen LogP contribution in [0.1, 0.15) is 52.5 Å². The van der Waals surface area contributed by atoms with Gasteiger partial charge in [0.2, 0.25) is 5.91 Å². The first-order chi connectivity index (χ1) is 13.9. The number of aromatic amines is 1. The SMILES string of the molecule is COc1ccc(CCC(=O)NC2CCCc3[nH]c(=O)c(C(N)=O)cc32)cc1OC. The zero-order chi connectivity index (χ0) is 21.0. The molecule has 0 aliphatic heterocycles. The smallest absolute Gasteiger partial charge is 0.261 e. The standard InChI is InChI=1S/C21H25N3O5/c1-28-17-8-6-12(10-18(17)29-2)7-9-19(25)23-15-4-3-5-16-13(15)11-14(20(22)26)21(27)24-16/h6,8,10-11,15H,3-5,7,9H2,1-2H3,(H2,22,26)(H,23,25)(H,24,27). The van der Waals surface area contributed by atoms with Gasteiger partial charge in [-0.1, -0.05) is 6.07 Å². The minimum Gasteiger partial charge on any atom is -0.493 e. The number of methoxy groups -OCH3 is 2. The molecule has 1 aromatic heterocycles. The van der Waals surface area contributed by atoms with Gasteiger partial charge in [-0.25, -0.2) is 0 Å². The number of primary amides is 1. The van der Waals surface area contributed by atoms with Crippen molar-refractivity contribution in [1.82, 2.24) is 10.3 Å². The molecule has 3 rings (SSSR count). The van der Waals surface area contributed by atoms with Crippen molar-refractivity contribution in [1.29, 1.82) is 0 Å². The molecule has 1 aliphatic carbocycles. The van der Waals surface area contributed by atoms with Gasteiger partial charge >= 0.3 is 0 Å². The fraction of sp³-hybridized carbons (Fsp3) is 0.381. The summed E-state index contributed by atoms with van der Waals surface area (Å²) in [6, 6.07) is 6.81. The van der Waals surface area contributed by atoms with Crippen molar-refractivity contribution in [3.05, 3.63) is 57.0 Å². The van der Waals surface area contributed by atoms with Gasteiger partial charge in [-0.3, -0.25) is 14.4 Å². The zero-order valence-electron chi connectivity index (χ0n) is 16.5. The second kappa shape index (κ2) is 8.81. The third-order valence-corrected chi connectivity index (χ3v) is 5.14. The van der Waals surface area contributed by atoms with E-state index in [0.717, 1.165) is 29.7 Å². The van der Waals surface area contributed by atoms with Crippen LogP contribution in [0.2, 0.25) is 0 Å². The average molecular weight is 399 g/mol. The van der Waals surface area contributed by atoms with Gasteiger partial charge in [-0.05, 0) is 55.0 Å². The van der Waals surface area contributed by atoms with E-state index in [1.807, 2.05) is 18.2 Å². The molecule has 0 bridgehead atoms. The minimum atomic E-state index is -0.779. The molecule has 0 fully saturated rings. The number of aryl methyl sites for hydroxylation is 2. The lowest BCUT2D eigenvalue weighted by Crippen LogP contribution is -2.34. The molecule has 29 heavy (non-hydrogen) atoms. The van der Waals surface area contributed by atoms with Crippen LogP contribution in [0.15, 0.2) is 29.1 Å². The number of hydrogen-bond acceptors (Lipinski definition) is 5. The Labute approximate surface area is 168 Å². The highest BCUT2D eigenvalue weighted by atomic mass is 16.5. The monoisotopic (exact) mass is 399 g/mol. The second-order valence-corrected chi connectivity index (χ2v) is 7.01. The molecule has 4 N–H and O–H groups in total. The molecule has 0 spiro atoms. The number of carbonyl (C=O) groups excluding carboxylic acids is 2. The van der Waals surface area contributed by atoms with E-state index in [9.17, 15) is 14.4 Å². The quantitative estimate of drug-likeness (QED) is 0.653. The lowest BCUT2D eigenvalue weighted by molar-refractivity contribution is -0.121. The number of aromatic nitrogens is 1. The number of amides is 2. The van der Waals surface area contributed by atoms with Crippen molar-refractivity contribution in [2.45, 2.75) is 38.1 Å². The number of ether oxygens (including phenoxy) is 2. The maximum atomic E-state index is 12.5. The number of hydrogen-bond donors (Lipinski definition) is 3. The Hall–Kier alpha value is -3.29. The van der Waals surface area contributed by atoms with E-state index in [-0.39, 0.29) is 17.5 Å². The van der Waals surface area contributed by atoms with E-state index >= 15 is 0 Å². The molecule has 1 aromatic carbocycles. The Morgan fingerprint density at radius 2 is 1.97 bits per heavy atom. The summed E-state index contributed by atoms with van der Waals surface area (Å²) in [6.45, 7) is 0. The van der Waals surface area contributed by atoms with Crippen LogP contribution >= 0.6 is 0 Å². The molecule has 1 heterocycles. The number of nitrogens with one attached hydrogen (secondary N) is 2. The van der Waals surface area contributed by atoms with E-state index in [4.69, 9.17) is 15.2 Å². The maximum Gasteiger partial charge on any atom is 0.261 e. The van der Waals surface area contributed by atoms with Gasteiger partial charge in [0.15, 0.2) is 11.5 Å². The van der Waals surface area contributed by atoms with Crippen LogP contribution in [0.25, 0.3) is 0 Å². The molecule has 8 heteroatoms. The highest BCUT2D eigenvalue weighted by Gasteiger charge is 2.24. The van der Waals surface area contributed by atoms with E-state index < -0.39 is 11.5 Å². The number of carbonyl (C=O) groups is 2. The Morgan fingerprint density at radius 1 is 1.21 bits per heavy atom. The van der Waals surface area contributed by atoms with Gasteiger partial charge < -0.3 is 25.5 Å². The molecular weight excluding hydrogens is 374 g/mol. The predicted molar refractivity (Wildman–Crippen MR) is 107 cm³/mol. The fourth-order valence-corrected chi connectivity index (χ4v) is 3.63. The second-order valence-electron chi connectivity index (χ2n) is 7.01. The first-order valence-corrected chi connectivity index (χ1v) is 9.49. The molecule has 2 aromatic rings.